The number of nitriles is 1. The van der Waals surface area contributed by atoms with Gasteiger partial charge in [0, 0.05) is 11.6 Å². The summed E-state index contributed by atoms with van der Waals surface area (Å²) in [7, 11) is 1.57. The SMILES string of the molecule is COc1ccc(-n2c(C)nnc2-c2cnc(-c3ccc(C#N)cc3C)cn2)cn1. The average molecular weight is 383 g/mol. The second-order valence-electron chi connectivity index (χ2n) is 6.39. The first kappa shape index (κ1) is 18.3. The molecule has 4 rings (SSSR count). The lowest BCUT2D eigenvalue weighted by molar-refractivity contribution is 0.398. The number of pyridine rings is 1. The number of aromatic nitrogens is 6. The molecule has 0 amide bonds. The van der Waals surface area contributed by atoms with E-state index in [1.165, 1.54) is 0 Å². The molecule has 0 aliphatic heterocycles. The summed E-state index contributed by atoms with van der Waals surface area (Å²) in [6.07, 6.45) is 5.06. The molecule has 3 aromatic heterocycles. The Balaban J connectivity index is 1.71. The summed E-state index contributed by atoms with van der Waals surface area (Å²) in [6, 6.07) is 11.3. The van der Waals surface area contributed by atoms with Crippen molar-refractivity contribution in [2.75, 3.05) is 7.11 Å². The van der Waals surface area contributed by atoms with Crippen LogP contribution in [-0.4, -0.2) is 36.8 Å². The maximum atomic E-state index is 9.03. The van der Waals surface area contributed by atoms with E-state index in [0.717, 1.165) is 22.5 Å². The molecule has 1 aromatic carbocycles. The van der Waals surface area contributed by atoms with Crippen molar-refractivity contribution >= 4 is 0 Å². The first-order valence-electron chi connectivity index (χ1n) is 8.86. The zero-order valence-corrected chi connectivity index (χ0v) is 16.2. The molecule has 0 fully saturated rings. The Hall–Kier alpha value is -4.12. The molecule has 8 nitrogen and oxygen atoms in total. The number of nitrogens with zero attached hydrogens (tertiary/aromatic N) is 7. The normalized spacial score (nSPS) is 10.6. The van der Waals surface area contributed by atoms with Crippen LogP contribution in [0.2, 0.25) is 0 Å². The van der Waals surface area contributed by atoms with Gasteiger partial charge in [-0.15, -0.1) is 10.2 Å². The fourth-order valence-corrected chi connectivity index (χ4v) is 3.07. The third-order valence-corrected chi connectivity index (χ3v) is 4.53. The van der Waals surface area contributed by atoms with Gasteiger partial charge in [-0.05, 0) is 37.6 Å². The maximum Gasteiger partial charge on any atom is 0.213 e. The summed E-state index contributed by atoms with van der Waals surface area (Å²) < 4.78 is 6.98. The second-order valence-corrected chi connectivity index (χ2v) is 6.39. The van der Waals surface area contributed by atoms with Crippen molar-refractivity contribution in [1.82, 2.24) is 29.7 Å². The van der Waals surface area contributed by atoms with Gasteiger partial charge in [0.05, 0.1) is 48.7 Å². The lowest BCUT2D eigenvalue weighted by Gasteiger charge is -2.09. The van der Waals surface area contributed by atoms with Crippen molar-refractivity contribution in [2.45, 2.75) is 13.8 Å². The Labute approximate surface area is 167 Å². The van der Waals surface area contributed by atoms with Gasteiger partial charge in [0.2, 0.25) is 5.88 Å². The van der Waals surface area contributed by atoms with Crippen LogP contribution in [0.5, 0.6) is 5.88 Å². The number of benzene rings is 1. The molecule has 0 N–H and O–H groups in total. The summed E-state index contributed by atoms with van der Waals surface area (Å²) >= 11 is 0. The smallest absolute Gasteiger partial charge is 0.213 e. The number of ether oxygens (including phenoxy) is 1. The van der Waals surface area contributed by atoms with Crippen LogP contribution in [0.3, 0.4) is 0 Å². The van der Waals surface area contributed by atoms with E-state index in [1.807, 2.05) is 36.6 Å². The van der Waals surface area contributed by atoms with Crippen molar-refractivity contribution in [1.29, 1.82) is 5.26 Å². The Bertz CT molecular complexity index is 1210. The highest BCUT2D eigenvalue weighted by Crippen LogP contribution is 2.25. The predicted octanol–water partition coefficient (Wildman–Crippen LogP) is 3.28. The van der Waals surface area contributed by atoms with Gasteiger partial charge in [0.1, 0.15) is 11.5 Å². The molecule has 3 heterocycles. The molecule has 0 spiro atoms. The van der Waals surface area contributed by atoms with Gasteiger partial charge in [-0.3, -0.25) is 9.55 Å². The molecular formula is C21H17N7O. The maximum absolute atomic E-state index is 9.03. The molecule has 29 heavy (non-hydrogen) atoms. The summed E-state index contributed by atoms with van der Waals surface area (Å²) in [5.41, 5.74) is 4.64. The van der Waals surface area contributed by atoms with Crippen LogP contribution in [0.15, 0.2) is 48.9 Å². The van der Waals surface area contributed by atoms with Gasteiger partial charge < -0.3 is 4.74 Å². The molecule has 0 bridgehead atoms. The summed E-state index contributed by atoms with van der Waals surface area (Å²) in [6.45, 7) is 3.81. The number of methoxy groups -OCH3 is 1. The fraction of sp³-hybridized carbons (Fsp3) is 0.143. The van der Waals surface area contributed by atoms with Gasteiger partial charge in [0.25, 0.3) is 0 Å². The summed E-state index contributed by atoms with van der Waals surface area (Å²) in [5.74, 6) is 1.81. The zero-order chi connectivity index (χ0) is 20.4. The average Bonchev–Trinajstić information content (AvgIpc) is 3.15. The molecule has 4 aromatic rings. The topological polar surface area (TPSA) is 102 Å². The largest absolute Gasteiger partial charge is 0.481 e. The van der Waals surface area contributed by atoms with Crippen LogP contribution >= 0.6 is 0 Å². The van der Waals surface area contributed by atoms with E-state index in [2.05, 4.69) is 31.2 Å². The van der Waals surface area contributed by atoms with E-state index in [1.54, 1.807) is 37.8 Å². The quantitative estimate of drug-likeness (QED) is 0.533. The lowest BCUT2D eigenvalue weighted by atomic mass is 10.0. The van der Waals surface area contributed by atoms with Crippen molar-refractivity contribution < 1.29 is 4.74 Å². The van der Waals surface area contributed by atoms with Crippen molar-refractivity contribution in [3.63, 3.8) is 0 Å². The minimum absolute atomic E-state index is 0.531. The molecule has 142 valence electrons. The number of hydrogen-bond acceptors (Lipinski definition) is 7. The monoisotopic (exact) mass is 383 g/mol. The highest BCUT2D eigenvalue weighted by atomic mass is 16.5. The summed E-state index contributed by atoms with van der Waals surface area (Å²) in [5, 5.41) is 17.5. The molecule has 0 saturated heterocycles. The molecule has 0 aliphatic carbocycles. The molecular weight excluding hydrogens is 366 g/mol. The third kappa shape index (κ3) is 3.41. The van der Waals surface area contributed by atoms with Crippen LogP contribution in [0.4, 0.5) is 0 Å². The van der Waals surface area contributed by atoms with Crippen molar-refractivity contribution in [2.24, 2.45) is 0 Å². The Kier molecular flexibility index (Phi) is 4.71. The van der Waals surface area contributed by atoms with E-state index in [0.29, 0.717) is 28.8 Å². The molecule has 0 unspecified atom stereocenters. The predicted molar refractivity (Wildman–Crippen MR) is 106 cm³/mol. The Morgan fingerprint density at radius 2 is 1.72 bits per heavy atom. The Morgan fingerprint density at radius 1 is 0.931 bits per heavy atom. The van der Waals surface area contributed by atoms with Crippen LogP contribution in [0, 0.1) is 25.2 Å². The summed E-state index contributed by atoms with van der Waals surface area (Å²) in [4.78, 5) is 13.3. The van der Waals surface area contributed by atoms with Crippen LogP contribution in [0.25, 0.3) is 28.5 Å². The van der Waals surface area contributed by atoms with Gasteiger partial charge in [-0.25, -0.2) is 9.97 Å². The second kappa shape index (κ2) is 7.48. The molecule has 0 aliphatic rings. The molecule has 8 heteroatoms. The van der Waals surface area contributed by atoms with Crippen LogP contribution in [0.1, 0.15) is 17.0 Å². The van der Waals surface area contributed by atoms with Gasteiger partial charge in [-0.1, -0.05) is 6.07 Å². The van der Waals surface area contributed by atoms with Crippen LogP contribution in [-0.2, 0) is 0 Å². The lowest BCUT2D eigenvalue weighted by Crippen LogP contribution is -2.02. The standard InChI is InChI=1S/C21H17N7O/c1-13-8-15(9-22)4-6-17(13)18-11-24-19(12-23-18)21-27-26-14(2)28(21)16-5-7-20(29-3)25-10-16/h4-8,10-12H,1-3H3. The van der Waals surface area contributed by atoms with E-state index in [9.17, 15) is 0 Å². The highest BCUT2D eigenvalue weighted by molar-refractivity contribution is 5.65. The van der Waals surface area contributed by atoms with Gasteiger partial charge >= 0.3 is 0 Å². The number of hydrogen-bond donors (Lipinski definition) is 0. The van der Waals surface area contributed by atoms with E-state index >= 15 is 0 Å². The number of rotatable bonds is 4. The van der Waals surface area contributed by atoms with E-state index < -0.39 is 0 Å². The molecule has 0 radical (unpaired) electrons. The van der Waals surface area contributed by atoms with Crippen molar-refractivity contribution in [3.8, 4) is 40.4 Å². The molecule has 0 atom stereocenters. The number of aryl methyl sites for hydroxylation is 2. The fourth-order valence-electron chi connectivity index (χ4n) is 3.07. The van der Waals surface area contributed by atoms with E-state index in [4.69, 9.17) is 10.00 Å². The minimum Gasteiger partial charge on any atom is -0.481 e. The van der Waals surface area contributed by atoms with Gasteiger partial charge in [-0.2, -0.15) is 5.26 Å². The van der Waals surface area contributed by atoms with Crippen molar-refractivity contribution in [3.05, 3.63) is 65.9 Å². The highest BCUT2D eigenvalue weighted by Gasteiger charge is 2.15. The zero-order valence-electron chi connectivity index (χ0n) is 16.2. The molecule has 0 saturated carbocycles. The first-order valence-corrected chi connectivity index (χ1v) is 8.86. The third-order valence-electron chi connectivity index (χ3n) is 4.53. The van der Waals surface area contributed by atoms with Crippen LogP contribution < -0.4 is 4.74 Å². The minimum atomic E-state index is 0.531. The first-order chi connectivity index (χ1) is 14.1. The Morgan fingerprint density at radius 3 is 2.34 bits per heavy atom. The van der Waals surface area contributed by atoms with E-state index in [-0.39, 0.29) is 0 Å². The van der Waals surface area contributed by atoms with Gasteiger partial charge in [0.15, 0.2) is 5.82 Å².